The van der Waals surface area contributed by atoms with E-state index >= 15 is 0 Å². The maximum atomic E-state index is 12.4. The Hall–Kier alpha value is -3.19. The Morgan fingerprint density at radius 2 is 1.96 bits per heavy atom. The summed E-state index contributed by atoms with van der Waals surface area (Å²) in [6, 6.07) is 18.4. The van der Waals surface area contributed by atoms with Gasteiger partial charge in [0, 0.05) is 10.9 Å². The van der Waals surface area contributed by atoms with Crippen LogP contribution in [0, 0.1) is 0 Å². The summed E-state index contributed by atoms with van der Waals surface area (Å²) in [6.07, 6.45) is 0. The van der Waals surface area contributed by atoms with Crippen molar-refractivity contribution in [2.24, 2.45) is 0 Å². The summed E-state index contributed by atoms with van der Waals surface area (Å²) in [5.41, 5.74) is 1.23. The number of carbonyl (C=O) groups excluding carboxylic acids is 1. The van der Waals surface area contributed by atoms with Crippen LogP contribution in [0.5, 0.6) is 11.5 Å². The molecule has 0 spiro atoms. The minimum absolute atomic E-state index is 0.326. The molecule has 1 amide bonds. The average molecular weight is 350 g/mol. The topological polar surface area (TPSA) is 69.0 Å². The molecule has 25 heavy (non-hydrogen) atoms. The largest absolute Gasteiger partial charge is 0.457 e. The molecule has 2 aromatic carbocycles. The number of rotatable bonds is 4. The van der Waals surface area contributed by atoms with Crippen LogP contribution in [-0.4, -0.2) is 21.0 Å². The first-order chi connectivity index (χ1) is 12.3. The Morgan fingerprint density at radius 1 is 1.08 bits per heavy atom. The van der Waals surface area contributed by atoms with Crippen molar-refractivity contribution in [3.05, 3.63) is 70.9 Å². The third-order valence-corrected chi connectivity index (χ3v) is 4.46. The lowest BCUT2D eigenvalue weighted by Crippen LogP contribution is -2.28. The Bertz CT molecular complexity index is 997. The fourth-order valence-corrected chi connectivity index (χ4v) is 3.03. The lowest BCUT2D eigenvalue weighted by Gasteiger charge is -2.06. The van der Waals surface area contributed by atoms with Gasteiger partial charge in [0.15, 0.2) is 0 Å². The van der Waals surface area contributed by atoms with Crippen LogP contribution < -0.4 is 10.1 Å². The van der Waals surface area contributed by atoms with E-state index in [-0.39, 0.29) is 6.03 Å². The van der Waals surface area contributed by atoms with Gasteiger partial charge in [-0.25, -0.2) is 4.79 Å². The quantitative estimate of drug-likeness (QED) is 0.603. The molecule has 0 saturated carbocycles. The molecule has 4 rings (SSSR count). The molecule has 0 unspecified atom stereocenters. The van der Waals surface area contributed by atoms with Gasteiger partial charge in [-0.05, 0) is 35.7 Å². The van der Waals surface area contributed by atoms with Gasteiger partial charge in [0.1, 0.15) is 22.5 Å². The monoisotopic (exact) mass is 350 g/mol. The number of ether oxygens (including phenoxy) is 1. The third kappa shape index (κ3) is 3.36. The van der Waals surface area contributed by atoms with Crippen LogP contribution in [0.2, 0.25) is 0 Å². The number of hydrogen-bond donors (Lipinski definition) is 1. The summed E-state index contributed by atoms with van der Waals surface area (Å²) in [5, 5.41) is 12.8. The second kappa shape index (κ2) is 6.74. The van der Waals surface area contributed by atoms with E-state index in [1.165, 1.54) is 4.68 Å². The highest BCUT2D eigenvalue weighted by molar-refractivity contribution is 7.09. The van der Waals surface area contributed by atoms with Crippen LogP contribution in [0.4, 0.5) is 4.79 Å². The third-order valence-electron chi connectivity index (χ3n) is 3.58. The van der Waals surface area contributed by atoms with Crippen LogP contribution in [0.15, 0.2) is 66.0 Å². The first kappa shape index (κ1) is 15.3. The molecule has 0 fully saturated rings. The number of thiophene rings is 1. The zero-order valence-corrected chi connectivity index (χ0v) is 13.9. The van der Waals surface area contributed by atoms with Crippen LogP contribution in [0.1, 0.15) is 4.88 Å². The predicted octanol–water partition coefficient (Wildman–Crippen LogP) is 4.04. The molecule has 0 radical (unpaired) electrons. The number of amides is 1. The van der Waals surface area contributed by atoms with Crippen molar-refractivity contribution in [2.45, 2.75) is 6.54 Å². The standard InChI is InChI=1S/C18H14N4O2S/c23-18(19-12-15-7-4-10-25-15)22-17-11-14(8-9-16(17)20-21-22)24-13-5-2-1-3-6-13/h1-11H,12H2,(H,19,23). The molecule has 124 valence electrons. The van der Waals surface area contributed by atoms with Gasteiger partial charge in [0.05, 0.1) is 6.54 Å². The summed E-state index contributed by atoms with van der Waals surface area (Å²) in [6.45, 7) is 0.456. The van der Waals surface area contributed by atoms with E-state index in [4.69, 9.17) is 4.74 Å². The van der Waals surface area contributed by atoms with E-state index in [2.05, 4.69) is 15.6 Å². The van der Waals surface area contributed by atoms with Crippen molar-refractivity contribution in [2.75, 3.05) is 0 Å². The van der Waals surface area contributed by atoms with E-state index < -0.39 is 0 Å². The number of fused-ring (bicyclic) bond motifs is 1. The van der Waals surface area contributed by atoms with Crippen molar-refractivity contribution < 1.29 is 9.53 Å². The van der Waals surface area contributed by atoms with Gasteiger partial charge in [0.2, 0.25) is 0 Å². The fraction of sp³-hybridized carbons (Fsp3) is 0.0556. The SMILES string of the molecule is O=C(NCc1cccs1)n1nnc2ccc(Oc3ccccc3)cc21. The highest BCUT2D eigenvalue weighted by Crippen LogP contribution is 2.24. The second-order valence-corrected chi connectivity index (χ2v) is 6.34. The Balaban J connectivity index is 1.56. The lowest BCUT2D eigenvalue weighted by atomic mass is 10.3. The van der Waals surface area contributed by atoms with Gasteiger partial charge >= 0.3 is 6.03 Å². The van der Waals surface area contributed by atoms with Gasteiger partial charge in [-0.2, -0.15) is 4.68 Å². The van der Waals surface area contributed by atoms with Crippen LogP contribution in [0.25, 0.3) is 11.0 Å². The maximum absolute atomic E-state index is 12.4. The number of nitrogens with one attached hydrogen (secondary N) is 1. The lowest BCUT2D eigenvalue weighted by molar-refractivity contribution is 0.239. The number of para-hydroxylation sites is 1. The molecule has 2 heterocycles. The van der Waals surface area contributed by atoms with Gasteiger partial charge in [-0.1, -0.05) is 29.5 Å². The van der Waals surface area contributed by atoms with Gasteiger partial charge in [-0.3, -0.25) is 0 Å². The molecular weight excluding hydrogens is 336 g/mol. The van der Waals surface area contributed by atoms with Crippen LogP contribution in [-0.2, 0) is 6.54 Å². The van der Waals surface area contributed by atoms with E-state index in [9.17, 15) is 4.79 Å². The molecule has 4 aromatic rings. The smallest absolute Gasteiger partial charge is 0.344 e. The first-order valence-corrected chi connectivity index (χ1v) is 8.56. The number of nitrogens with zero attached hydrogens (tertiary/aromatic N) is 3. The van der Waals surface area contributed by atoms with Crippen molar-refractivity contribution >= 4 is 28.4 Å². The molecule has 6 nitrogen and oxygen atoms in total. The van der Waals surface area contributed by atoms with Crippen molar-refractivity contribution in [3.8, 4) is 11.5 Å². The van der Waals surface area contributed by atoms with E-state index in [1.54, 1.807) is 29.5 Å². The van der Waals surface area contributed by atoms with Crippen LogP contribution >= 0.6 is 11.3 Å². The molecule has 0 aliphatic carbocycles. The summed E-state index contributed by atoms with van der Waals surface area (Å²) < 4.78 is 7.06. The first-order valence-electron chi connectivity index (χ1n) is 7.68. The maximum Gasteiger partial charge on any atom is 0.344 e. The summed E-state index contributed by atoms with van der Waals surface area (Å²) in [7, 11) is 0. The van der Waals surface area contributed by atoms with Crippen LogP contribution in [0.3, 0.4) is 0 Å². The molecule has 0 aliphatic rings. The summed E-state index contributed by atoms with van der Waals surface area (Å²) in [5.74, 6) is 1.34. The van der Waals surface area contributed by atoms with Crippen molar-refractivity contribution in [1.82, 2.24) is 20.3 Å². The van der Waals surface area contributed by atoms with Gasteiger partial charge in [-0.15, -0.1) is 16.4 Å². The fourth-order valence-electron chi connectivity index (χ4n) is 2.39. The molecule has 7 heteroatoms. The average Bonchev–Trinajstić information content (AvgIpc) is 3.30. The Morgan fingerprint density at radius 3 is 2.76 bits per heavy atom. The summed E-state index contributed by atoms with van der Waals surface area (Å²) in [4.78, 5) is 13.5. The van der Waals surface area contributed by atoms with E-state index in [0.29, 0.717) is 23.3 Å². The molecule has 0 saturated heterocycles. The predicted molar refractivity (Wildman–Crippen MR) is 96.0 cm³/mol. The van der Waals surface area contributed by atoms with Crippen molar-refractivity contribution in [1.29, 1.82) is 0 Å². The van der Waals surface area contributed by atoms with Gasteiger partial charge < -0.3 is 10.1 Å². The van der Waals surface area contributed by atoms with E-state index in [0.717, 1.165) is 10.6 Å². The Kier molecular flexibility index (Phi) is 4.14. The number of aromatic nitrogens is 3. The molecular formula is C18H14N4O2S. The molecule has 0 aliphatic heterocycles. The number of hydrogen-bond acceptors (Lipinski definition) is 5. The minimum atomic E-state index is -0.326. The number of benzene rings is 2. The molecule has 1 N–H and O–H groups in total. The van der Waals surface area contributed by atoms with E-state index in [1.807, 2.05) is 47.8 Å². The molecule has 0 bridgehead atoms. The highest BCUT2D eigenvalue weighted by Gasteiger charge is 2.13. The highest BCUT2D eigenvalue weighted by atomic mass is 32.1. The second-order valence-electron chi connectivity index (χ2n) is 5.30. The van der Waals surface area contributed by atoms with Crippen molar-refractivity contribution in [3.63, 3.8) is 0 Å². The normalized spacial score (nSPS) is 10.7. The minimum Gasteiger partial charge on any atom is -0.457 e. The Labute approximate surface area is 147 Å². The molecule has 0 atom stereocenters. The zero-order valence-electron chi connectivity index (χ0n) is 13.1. The summed E-state index contributed by atoms with van der Waals surface area (Å²) >= 11 is 1.59. The zero-order chi connectivity index (χ0) is 17.1. The van der Waals surface area contributed by atoms with Gasteiger partial charge in [0.25, 0.3) is 0 Å². The molecule has 2 aromatic heterocycles. The number of carbonyl (C=O) groups is 1.